The van der Waals surface area contributed by atoms with Gasteiger partial charge in [0, 0.05) is 23.3 Å². The van der Waals surface area contributed by atoms with Crippen LogP contribution >= 0.6 is 11.6 Å². The Morgan fingerprint density at radius 3 is 2.71 bits per heavy atom. The summed E-state index contributed by atoms with van der Waals surface area (Å²) in [6.07, 6.45) is 4.20. The fourth-order valence-electron chi connectivity index (χ4n) is 1.87. The van der Waals surface area contributed by atoms with Gasteiger partial charge in [0.2, 0.25) is 0 Å². The number of methoxy groups -OCH3 is 1. The van der Waals surface area contributed by atoms with Crippen molar-refractivity contribution in [1.29, 1.82) is 0 Å². The lowest BCUT2D eigenvalue weighted by atomic mass is 9.96. The molecule has 0 aliphatic heterocycles. The molecule has 4 heteroatoms. The topological polar surface area (TPSA) is 38.7 Å². The predicted octanol–water partition coefficient (Wildman–Crippen LogP) is 2.81. The van der Waals surface area contributed by atoms with Gasteiger partial charge in [-0.1, -0.05) is 11.6 Å². The van der Waals surface area contributed by atoms with Gasteiger partial charge < -0.3 is 14.6 Å². The van der Waals surface area contributed by atoms with E-state index in [0.717, 1.165) is 24.2 Å². The molecule has 1 aliphatic carbocycles. The summed E-state index contributed by atoms with van der Waals surface area (Å²) in [5, 5.41) is 9.67. The van der Waals surface area contributed by atoms with Crippen molar-refractivity contribution in [2.24, 2.45) is 0 Å². The van der Waals surface area contributed by atoms with Crippen LogP contribution in [0.4, 0.5) is 0 Å². The third-order valence-corrected chi connectivity index (χ3v) is 3.25. The quantitative estimate of drug-likeness (QED) is 0.881. The predicted molar refractivity (Wildman–Crippen MR) is 67.1 cm³/mol. The highest BCUT2D eigenvalue weighted by Gasteiger charge is 2.22. The van der Waals surface area contributed by atoms with E-state index in [1.54, 1.807) is 13.2 Å². The van der Waals surface area contributed by atoms with Gasteiger partial charge in [-0.25, -0.2) is 0 Å². The summed E-state index contributed by atoms with van der Waals surface area (Å²) in [5.41, 5.74) is 0.906. The Balaban J connectivity index is 2.29. The fraction of sp³-hybridized carbons (Fsp3) is 0.538. The molecule has 1 aromatic carbocycles. The van der Waals surface area contributed by atoms with Crippen LogP contribution in [0.2, 0.25) is 5.02 Å². The summed E-state index contributed by atoms with van der Waals surface area (Å²) >= 11 is 6.00. The average molecular weight is 257 g/mol. The van der Waals surface area contributed by atoms with E-state index in [4.69, 9.17) is 26.2 Å². The molecule has 0 radical (unpaired) electrons. The Labute approximate surface area is 106 Å². The van der Waals surface area contributed by atoms with E-state index >= 15 is 0 Å². The summed E-state index contributed by atoms with van der Waals surface area (Å²) in [7, 11) is 1.60. The van der Waals surface area contributed by atoms with Crippen LogP contribution in [0.1, 0.15) is 24.8 Å². The molecule has 94 valence electrons. The first-order chi connectivity index (χ1) is 8.24. The molecular formula is C13H17ClO3. The third-order valence-electron chi connectivity index (χ3n) is 3.03. The van der Waals surface area contributed by atoms with Crippen molar-refractivity contribution in [2.45, 2.75) is 31.8 Å². The second kappa shape index (κ2) is 5.61. The van der Waals surface area contributed by atoms with Gasteiger partial charge in [-0.05, 0) is 31.7 Å². The van der Waals surface area contributed by atoms with Gasteiger partial charge in [0.1, 0.15) is 0 Å². The van der Waals surface area contributed by atoms with Gasteiger partial charge in [-0.15, -0.1) is 0 Å². The summed E-state index contributed by atoms with van der Waals surface area (Å²) in [4.78, 5) is 0. The highest BCUT2D eigenvalue weighted by Crippen LogP contribution is 2.38. The molecule has 0 amide bonds. The maximum absolute atomic E-state index is 9.06. The molecule has 0 spiro atoms. The molecular weight excluding hydrogens is 240 g/mol. The number of halogens is 1. The van der Waals surface area contributed by atoms with Crippen molar-refractivity contribution in [3.05, 3.63) is 22.7 Å². The number of rotatable bonds is 5. The molecule has 3 nitrogen and oxygen atoms in total. The first kappa shape index (κ1) is 12.5. The van der Waals surface area contributed by atoms with Crippen LogP contribution in [-0.2, 0) is 6.42 Å². The number of hydrogen-bond donors (Lipinski definition) is 1. The number of aliphatic hydroxyl groups is 1. The lowest BCUT2D eigenvalue weighted by Crippen LogP contribution is -2.25. The largest absolute Gasteiger partial charge is 0.493 e. The minimum atomic E-state index is 0.0739. The minimum absolute atomic E-state index is 0.0739. The van der Waals surface area contributed by atoms with E-state index in [1.165, 1.54) is 6.42 Å². The lowest BCUT2D eigenvalue weighted by molar-refractivity contribution is 0.114. The van der Waals surface area contributed by atoms with E-state index in [2.05, 4.69) is 0 Å². The van der Waals surface area contributed by atoms with E-state index < -0.39 is 0 Å². The van der Waals surface area contributed by atoms with Crippen molar-refractivity contribution in [2.75, 3.05) is 13.7 Å². The molecule has 1 aliphatic rings. The Morgan fingerprint density at radius 2 is 2.18 bits per heavy atom. The van der Waals surface area contributed by atoms with Crippen LogP contribution < -0.4 is 9.47 Å². The molecule has 1 fully saturated rings. The molecule has 0 aromatic heterocycles. The molecule has 0 unspecified atom stereocenters. The van der Waals surface area contributed by atoms with Gasteiger partial charge in [0.25, 0.3) is 0 Å². The normalized spacial score (nSPS) is 15.5. The van der Waals surface area contributed by atoms with E-state index in [9.17, 15) is 0 Å². The summed E-state index contributed by atoms with van der Waals surface area (Å²) in [6.45, 7) is 0.0739. The van der Waals surface area contributed by atoms with E-state index in [-0.39, 0.29) is 12.7 Å². The van der Waals surface area contributed by atoms with Crippen LogP contribution in [0.3, 0.4) is 0 Å². The minimum Gasteiger partial charge on any atom is -0.493 e. The second-order valence-electron chi connectivity index (χ2n) is 4.24. The number of benzene rings is 1. The molecule has 2 rings (SSSR count). The van der Waals surface area contributed by atoms with Crippen LogP contribution in [0.5, 0.6) is 11.5 Å². The van der Waals surface area contributed by atoms with Gasteiger partial charge in [-0.3, -0.25) is 0 Å². The van der Waals surface area contributed by atoms with Crippen molar-refractivity contribution in [3.8, 4) is 11.5 Å². The van der Waals surface area contributed by atoms with Crippen LogP contribution in [-0.4, -0.2) is 24.9 Å². The van der Waals surface area contributed by atoms with Gasteiger partial charge in [0.05, 0.1) is 13.2 Å². The maximum Gasteiger partial charge on any atom is 0.164 e. The first-order valence-electron chi connectivity index (χ1n) is 5.88. The second-order valence-corrected chi connectivity index (χ2v) is 4.68. The SMILES string of the molecule is COc1cc(Cl)cc(CCO)c1OC1CCC1. The van der Waals surface area contributed by atoms with Crippen molar-refractivity contribution in [3.63, 3.8) is 0 Å². The Bertz CT molecular complexity index is 388. The highest BCUT2D eigenvalue weighted by atomic mass is 35.5. The van der Waals surface area contributed by atoms with Crippen molar-refractivity contribution < 1.29 is 14.6 Å². The molecule has 0 bridgehead atoms. The van der Waals surface area contributed by atoms with Crippen LogP contribution in [0.25, 0.3) is 0 Å². The highest BCUT2D eigenvalue weighted by molar-refractivity contribution is 6.30. The monoisotopic (exact) mass is 256 g/mol. The Hall–Kier alpha value is -0.930. The van der Waals surface area contributed by atoms with Crippen LogP contribution in [0.15, 0.2) is 12.1 Å². The summed E-state index contributed by atoms with van der Waals surface area (Å²) in [5.74, 6) is 1.38. The zero-order valence-electron chi connectivity index (χ0n) is 9.91. The average Bonchev–Trinajstić information content (AvgIpc) is 2.25. The van der Waals surface area contributed by atoms with Crippen molar-refractivity contribution in [1.82, 2.24) is 0 Å². The van der Waals surface area contributed by atoms with Crippen LogP contribution in [0, 0.1) is 0 Å². The van der Waals surface area contributed by atoms with Gasteiger partial charge >= 0.3 is 0 Å². The zero-order chi connectivity index (χ0) is 12.3. The van der Waals surface area contributed by atoms with E-state index in [1.807, 2.05) is 6.07 Å². The number of ether oxygens (including phenoxy) is 2. The van der Waals surface area contributed by atoms with E-state index in [0.29, 0.717) is 17.2 Å². The molecule has 1 aromatic rings. The lowest BCUT2D eigenvalue weighted by Gasteiger charge is -2.28. The standard InChI is InChI=1S/C13H17ClO3/c1-16-12-8-10(14)7-9(5-6-15)13(12)17-11-3-2-4-11/h7-8,11,15H,2-6H2,1H3. The smallest absolute Gasteiger partial charge is 0.164 e. The Morgan fingerprint density at radius 1 is 1.41 bits per heavy atom. The molecule has 0 heterocycles. The zero-order valence-corrected chi connectivity index (χ0v) is 10.7. The fourth-order valence-corrected chi connectivity index (χ4v) is 2.10. The third kappa shape index (κ3) is 2.85. The summed E-state index contributed by atoms with van der Waals surface area (Å²) in [6, 6.07) is 3.57. The molecule has 1 saturated carbocycles. The molecule has 0 saturated heterocycles. The molecule has 1 N–H and O–H groups in total. The Kier molecular flexibility index (Phi) is 4.13. The van der Waals surface area contributed by atoms with Crippen molar-refractivity contribution >= 4 is 11.6 Å². The number of aliphatic hydroxyl groups excluding tert-OH is 1. The first-order valence-corrected chi connectivity index (χ1v) is 6.26. The maximum atomic E-state index is 9.06. The van der Waals surface area contributed by atoms with Gasteiger partial charge in [0.15, 0.2) is 11.5 Å². The number of hydrogen-bond acceptors (Lipinski definition) is 3. The summed E-state index contributed by atoms with van der Waals surface area (Å²) < 4.78 is 11.2. The molecule has 17 heavy (non-hydrogen) atoms. The molecule has 0 atom stereocenters. The van der Waals surface area contributed by atoms with Gasteiger partial charge in [-0.2, -0.15) is 0 Å².